The van der Waals surface area contributed by atoms with E-state index in [1.807, 2.05) is 17.0 Å². The van der Waals surface area contributed by atoms with E-state index in [0.717, 1.165) is 68.8 Å². The summed E-state index contributed by atoms with van der Waals surface area (Å²) in [6, 6.07) is 8.37. The highest BCUT2D eigenvalue weighted by Gasteiger charge is 2.38. The molecular formula is C34H38FN7O3. The van der Waals surface area contributed by atoms with Gasteiger partial charge in [-0.1, -0.05) is 0 Å². The van der Waals surface area contributed by atoms with Crippen LogP contribution < -0.4 is 20.7 Å². The van der Waals surface area contributed by atoms with Crippen molar-refractivity contribution in [3.05, 3.63) is 87.6 Å². The van der Waals surface area contributed by atoms with Crippen molar-refractivity contribution >= 4 is 28.7 Å². The van der Waals surface area contributed by atoms with Gasteiger partial charge < -0.3 is 34.6 Å². The first-order valence-corrected chi connectivity index (χ1v) is 15.6. The predicted molar refractivity (Wildman–Crippen MR) is 173 cm³/mol. The Morgan fingerprint density at radius 2 is 1.78 bits per heavy atom. The average Bonchev–Trinajstić information content (AvgIpc) is 3.34. The summed E-state index contributed by atoms with van der Waals surface area (Å²) in [4.78, 5) is 39.5. The van der Waals surface area contributed by atoms with Crippen molar-refractivity contribution in [1.29, 1.82) is 0 Å². The average molecular weight is 612 g/mol. The molecule has 0 bridgehead atoms. The molecule has 234 valence electrons. The molecule has 1 aliphatic carbocycles. The fourth-order valence-electron chi connectivity index (χ4n) is 6.99. The number of Topliss-reactive ketones (excluding diaryl/α,β-unsaturated/α-hetero) is 1. The number of ketones is 1. The third-order valence-corrected chi connectivity index (χ3v) is 9.43. The maximum Gasteiger partial charge on any atom is 0.274 e. The van der Waals surface area contributed by atoms with Crippen LogP contribution in [-0.2, 0) is 18.4 Å². The Kier molecular flexibility index (Phi) is 7.66. The van der Waals surface area contributed by atoms with Gasteiger partial charge in [-0.25, -0.2) is 9.37 Å². The number of aliphatic hydroxyl groups is 1. The van der Waals surface area contributed by atoms with E-state index < -0.39 is 5.82 Å². The Bertz CT molecular complexity index is 1790. The lowest BCUT2D eigenvalue weighted by Gasteiger charge is -2.35. The van der Waals surface area contributed by atoms with Crippen LogP contribution in [-0.4, -0.2) is 76.6 Å². The van der Waals surface area contributed by atoms with Crippen molar-refractivity contribution < 1.29 is 14.3 Å². The van der Waals surface area contributed by atoms with Gasteiger partial charge in [-0.3, -0.25) is 9.59 Å². The number of aromatic nitrogens is 2. The fourth-order valence-corrected chi connectivity index (χ4v) is 6.99. The van der Waals surface area contributed by atoms with Crippen molar-refractivity contribution in [3.8, 4) is 11.1 Å². The first-order valence-electron chi connectivity index (χ1n) is 15.6. The lowest BCUT2D eigenvalue weighted by molar-refractivity contribution is -0.112. The number of carbonyl (C=O) groups is 1. The number of halogens is 1. The normalized spacial score (nSPS) is 18.7. The largest absolute Gasteiger partial charge is 0.392 e. The van der Waals surface area contributed by atoms with Gasteiger partial charge in [0.15, 0.2) is 0 Å². The van der Waals surface area contributed by atoms with E-state index >= 15 is 4.39 Å². The topological polar surface area (TPSA) is 97.2 Å². The van der Waals surface area contributed by atoms with E-state index in [1.165, 1.54) is 16.7 Å². The summed E-state index contributed by atoms with van der Waals surface area (Å²) >= 11 is 0. The van der Waals surface area contributed by atoms with Gasteiger partial charge in [-0.05, 0) is 62.6 Å². The highest BCUT2D eigenvalue weighted by atomic mass is 19.1. The first kappa shape index (κ1) is 29.2. The number of nitrogens with one attached hydrogen (secondary N) is 1. The van der Waals surface area contributed by atoms with Crippen LogP contribution in [0.25, 0.3) is 11.1 Å². The molecule has 0 saturated carbocycles. The van der Waals surface area contributed by atoms with Crippen molar-refractivity contribution in [2.75, 3.05) is 61.4 Å². The smallest absolute Gasteiger partial charge is 0.274 e. The molecule has 11 heteroatoms. The van der Waals surface area contributed by atoms with Gasteiger partial charge in [0, 0.05) is 105 Å². The molecule has 10 nitrogen and oxygen atoms in total. The fraction of sp³-hybridized carbons (Fsp3) is 0.382. The van der Waals surface area contributed by atoms with Crippen LogP contribution >= 0.6 is 0 Å². The van der Waals surface area contributed by atoms with E-state index in [9.17, 15) is 14.7 Å². The van der Waals surface area contributed by atoms with Crippen LogP contribution in [0.2, 0.25) is 0 Å². The van der Waals surface area contributed by atoms with Gasteiger partial charge in [0.1, 0.15) is 23.0 Å². The van der Waals surface area contributed by atoms with Crippen molar-refractivity contribution in [2.45, 2.75) is 32.3 Å². The number of aryl methyl sites for hydroxylation is 1. The number of likely N-dealkylation sites (N-methyl/N-ethyl adjacent to an activating group) is 1. The Morgan fingerprint density at radius 3 is 2.58 bits per heavy atom. The molecule has 45 heavy (non-hydrogen) atoms. The summed E-state index contributed by atoms with van der Waals surface area (Å²) in [6.07, 6.45) is 8.97. The lowest BCUT2D eigenvalue weighted by atomic mass is 9.96. The molecule has 0 atom stereocenters. The van der Waals surface area contributed by atoms with Crippen molar-refractivity contribution in [2.24, 2.45) is 7.05 Å². The van der Waals surface area contributed by atoms with Gasteiger partial charge in [-0.2, -0.15) is 0 Å². The monoisotopic (exact) mass is 611 g/mol. The molecule has 1 fully saturated rings. The van der Waals surface area contributed by atoms with E-state index in [2.05, 4.69) is 32.0 Å². The maximum absolute atomic E-state index is 15.3. The van der Waals surface area contributed by atoms with Crippen molar-refractivity contribution in [1.82, 2.24) is 19.4 Å². The summed E-state index contributed by atoms with van der Waals surface area (Å²) in [5.74, 6) is 0.110. The Labute approximate surface area is 261 Å². The third-order valence-electron chi connectivity index (χ3n) is 9.43. The first-order chi connectivity index (χ1) is 21.8. The number of piperazine rings is 1. The molecule has 4 aliphatic rings. The second kappa shape index (κ2) is 11.8. The van der Waals surface area contributed by atoms with Crippen LogP contribution in [0.5, 0.6) is 0 Å². The molecule has 0 radical (unpaired) electrons. The zero-order valence-corrected chi connectivity index (χ0v) is 25.7. The molecule has 3 aromatic rings. The molecule has 1 aromatic carbocycles. The maximum atomic E-state index is 15.3. The second-order valence-electron chi connectivity index (χ2n) is 12.3. The Hall–Kier alpha value is -4.48. The van der Waals surface area contributed by atoms with Crippen LogP contribution in [0.3, 0.4) is 0 Å². The summed E-state index contributed by atoms with van der Waals surface area (Å²) in [7, 11) is 3.76. The highest BCUT2D eigenvalue weighted by Crippen LogP contribution is 2.41. The molecule has 7 rings (SSSR count). The number of hydrogen-bond donors (Lipinski definition) is 2. The van der Waals surface area contributed by atoms with E-state index in [0.29, 0.717) is 47.0 Å². The second-order valence-corrected chi connectivity index (χ2v) is 12.3. The quantitative estimate of drug-likeness (QED) is 0.430. The van der Waals surface area contributed by atoms with Crippen molar-refractivity contribution in [3.63, 3.8) is 0 Å². The van der Waals surface area contributed by atoms with Gasteiger partial charge in [0.05, 0.1) is 6.61 Å². The number of allylic oxidation sites excluding steroid dienone is 2. The number of fused-ring (bicyclic) bond motifs is 2. The summed E-state index contributed by atoms with van der Waals surface area (Å²) in [5.41, 5.74) is 5.77. The summed E-state index contributed by atoms with van der Waals surface area (Å²) in [5, 5.41) is 13.8. The molecular weight excluding hydrogens is 573 g/mol. The summed E-state index contributed by atoms with van der Waals surface area (Å²) < 4.78 is 16.8. The van der Waals surface area contributed by atoms with Gasteiger partial charge >= 0.3 is 0 Å². The zero-order chi connectivity index (χ0) is 31.2. The molecule has 0 spiro atoms. The van der Waals surface area contributed by atoms with Crippen LogP contribution in [0, 0.1) is 5.82 Å². The van der Waals surface area contributed by atoms with Crippen LogP contribution in [0.4, 0.5) is 27.3 Å². The highest BCUT2D eigenvalue weighted by molar-refractivity contribution is 6.11. The number of pyridine rings is 2. The zero-order valence-electron chi connectivity index (χ0n) is 25.7. The molecule has 2 aromatic heterocycles. The summed E-state index contributed by atoms with van der Waals surface area (Å²) in [6.45, 7) is 4.55. The van der Waals surface area contributed by atoms with Gasteiger partial charge in [0.2, 0.25) is 5.78 Å². The number of anilines is 4. The molecule has 5 heterocycles. The lowest BCUT2D eigenvalue weighted by Crippen LogP contribution is -2.44. The van der Waals surface area contributed by atoms with E-state index in [1.54, 1.807) is 31.7 Å². The molecule has 0 unspecified atom stereocenters. The molecule has 2 N–H and O–H groups in total. The number of aliphatic hydroxyl groups excluding tert-OH is 1. The van der Waals surface area contributed by atoms with E-state index in [-0.39, 0.29) is 23.6 Å². The minimum Gasteiger partial charge on any atom is -0.392 e. The number of nitrogens with zero attached hydrogens (tertiary/aromatic N) is 6. The number of benzene rings is 1. The number of hydrogen-bond acceptors (Lipinski definition) is 9. The molecule has 0 amide bonds. The SMILES string of the molecule is CN1CCN(c2ccnc(Nc3cc(-c4cc(F)cc(N5C=C6C(=O)C7=C(CCCC7)N6CC5)c4CO)cn(C)c3=O)c2)CC1. The van der Waals surface area contributed by atoms with Gasteiger partial charge in [0.25, 0.3) is 5.56 Å². The van der Waals surface area contributed by atoms with Gasteiger partial charge in [-0.15, -0.1) is 0 Å². The van der Waals surface area contributed by atoms with E-state index in [4.69, 9.17) is 0 Å². The standard InChI is InChI=1S/C34H38FN7O3/c1-38-9-11-40(12-10-38)24-7-8-36-32(18-24)37-28-15-22(19-39(2)34(28)45)26-16-23(35)17-30(27(26)21-43)41-13-14-42-29-6-4-3-5-25(29)33(44)31(42)20-41/h7-8,15-20,43H,3-6,9-14,21H2,1-2H3,(H,36,37). The Morgan fingerprint density at radius 1 is 0.978 bits per heavy atom. The minimum absolute atomic E-state index is 0.0515. The number of carbonyl (C=O) groups excluding carboxylic acids is 1. The third kappa shape index (κ3) is 5.40. The molecule has 3 aliphatic heterocycles. The van der Waals surface area contributed by atoms with Crippen LogP contribution in [0.1, 0.15) is 31.2 Å². The predicted octanol–water partition coefficient (Wildman–Crippen LogP) is 3.95. The number of rotatable bonds is 6. The van der Waals surface area contributed by atoms with Crippen LogP contribution in [0.15, 0.2) is 70.7 Å². The Balaban J connectivity index is 1.22. The minimum atomic E-state index is -0.474. The molecule has 1 saturated heterocycles.